The first-order chi connectivity index (χ1) is 14.2. The number of benzene rings is 1. The summed E-state index contributed by atoms with van der Waals surface area (Å²) in [6.45, 7) is 4.23. The summed E-state index contributed by atoms with van der Waals surface area (Å²) in [6, 6.07) is 5.27. The lowest BCUT2D eigenvalue weighted by molar-refractivity contribution is -0.163. The highest BCUT2D eigenvalue weighted by Gasteiger charge is 2.50. The molecule has 0 spiro atoms. The number of anilines is 1. The zero-order chi connectivity index (χ0) is 22.0. The van der Waals surface area contributed by atoms with Crippen LogP contribution in [0.5, 0.6) is 0 Å². The van der Waals surface area contributed by atoms with E-state index >= 15 is 0 Å². The van der Waals surface area contributed by atoms with Gasteiger partial charge in [0.05, 0.1) is 11.8 Å². The van der Waals surface area contributed by atoms with Crippen molar-refractivity contribution in [2.24, 2.45) is 11.8 Å². The Balaban J connectivity index is 1.61. The summed E-state index contributed by atoms with van der Waals surface area (Å²) >= 11 is 0. The molecule has 2 aliphatic rings. The van der Waals surface area contributed by atoms with E-state index in [1.165, 1.54) is 26.8 Å². The number of carbonyl (C=O) groups excluding carboxylic acids is 5. The standard InChI is InChI=1S/C22H24N2O6/c1-12(24-20(27)17-9-4-5-10-18(17)21(24)28)22(29)30-14(3)19(26)23-16-8-6-7-15(11-16)13(2)25/h4-8,11-12,14,17-18H,9-10H2,1-3H3,(H,23,26)/t12-,14+,17-,18+/m1/s1. The number of fused-ring (bicyclic) bond motifs is 1. The van der Waals surface area contributed by atoms with Gasteiger partial charge in [0.15, 0.2) is 11.9 Å². The molecule has 1 aliphatic carbocycles. The van der Waals surface area contributed by atoms with E-state index in [1.807, 2.05) is 12.2 Å². The van der Waals surface area contributed by atoms with Crippen LogP contribution in [-0.2, 0) is 23.9 Å². The van der Waals surface area contributed by atoms with Gasteiger partial charge < -0.3 is 10.1 Å². The van der Waals surface area contributed by atoms with Crippen LogP contribution in [0.3, 0.4) is 0 Å². The second-order valence-corrected chi connectivity index (χ2v) is 7.58. The third-order valence-electron chi connectivity index (χ3n) is 5.47. The highest BCUT2D eigenvalue weighted by molar-refractivity contribution is 6.08. The summed E-state index contributed by atoms with van der Waals surface area (Å²) < 4.78 is 5.21. The SMILES string of the molecule is CC(=O)c1cccc(NC(=O)[C@H](C)OC(=O)[C@@H](C)N2C(=O)[C@H]3CC=CC[C@H]3C2=O)c1. The van der Waals surface area contributed by atoms with Crippen molar-refractivity contribution in [1.82, 2.24) is 4.90 Å². The minimum absolute atomic E-state index is 0.143. The second kappa shape index (κ2) is 8.61. The third-order valence-corrected chi connectivity index (χ3v) is 5.47. The number of hydrogen-bond acceptors (Lipinski definition) is 6. The van der Waals surface area contributed by atoms with Crippen LogP contribution in [0.15, 0.2) is 36.4 Å². The van der Waals surface area contributed by atoms with Gasteiger partial charge in [0.1, 0.15) is 6.04 Å². The Kier molecular flexibility index (Phi) is 6.14. The van der Waals surface area contributed by atoms with Gasteiger partial charge >= 0.3 is 5.97 Å². The molecule has 1 N–H and O–H groups in total. The number of esters is 1. The summed E-state index contributed by atoms with van der Waals surface area (Å²) in [6.07, 6.45) is 3.54. The Morgan fingerprint density at radius 3 is 2.23 bits per heavy atom. The minimum Gasteiger partial charge on any atom is -0.451 e. The predicted molar refractivity (Wildman–Crippen MR) is 107 cm³/mol. The Labute approximate surface area is 174 Å². The molecule has 1 aliphatic heterocycles. The van der Waals surface area contributed by atoms with E-state index in [0.29, 0.717) is 24.1 Å². The lowest BCUT2D eigenvalue weighted by Crippen LogP contribution is -2.46. The molecule has 158 valence electrons. The lowest BCUT2D eigenvalue weighted by Gasteiger charge is -2.23. The minimum atomic E-state index is -1.15. The Hall–Kier alpha value is -3.29. The van der Waals surface area contributed by atoms with Crippen molar-refractivity contribution >= 4 is 35.2 Å². The Morgan fingerprint density at radius 2 is 1.67 bits per heavy atom. The van der Waals surface area contributed by atoms with Gasteiger partial charge in [-0.3, -0.25) is 24.1 Å². The van der Waals surface area contributed by atoms with Gasteiger partial charge in [0.25, 0.3) is 5.91 Å². The van der Waals surface area contributed by atoms with Crippen molar-refractivity contribution in [1.29, 1.82) is 0 Å². The number of carbonyl (C=O) groups is 5. The number of nitrogens with one attached hydrogen (secondary N) is 1. The summed E-state index contributed by atoms with van der Waals surface area (Å²) in [4.78, 5) is 62.5. The summed E-state index contributed by atoms with van der Waals surface area (Å²) in [5.41, 5.74) is 0.832. The average molecular weight is 412 g/mol. The number of amides is 3. The maximum atomic E-state index is 12.6. The molecule has 1 fully saturated rings. The number of allylic oxidation sites excluding steroid dienone is 2. The quantitative estimate of drug-likeness (QED) is 0.332. The van der Waals surface area contributed by atoms with Gasteiger partial charge in [0, 0.05) is 11.3 Å². The first-order valence-corrected chi connectivity index (χ1v) is 9.85. The normalized spacial score (nSPS) is 22.3. The Bertz CT molecular complexity index is 911. The van der Waals surface area contributed by atoms with Crippen LogP contribution in [0.2, 0.25) is 0 Å². The van der Waals surface area contributed by atoms with E-state index in [9.17, 15) is 24.0 Å². The molecular weight excluding hydrogens is 388 g/mol. The van der Waals surface area contributed by atoms with E-state index in [-0.39, 0.29) is 17.6 Å². The van der Waals surface area contributed by atoms with Crippen molar-refractivity contribution in [2.45, 2.75) is 45.8 Å². The molecule has 1 aromatic carbocycles. The number of nitrogens with zero attached hydrogens (tertiary/aromatic N) is 1. The Morgan fingerprint density at radius 1 is 1.07 bits per heavy atom. The third kappa shape index (κ3) is 4.17. The fourth-order valence-electron chi connectivity index (χ4n) is 3.70. The second-order valence-electron chi connectivity index (χ2n) is 7.58. The van der Waals surface area contributed by atoms with Gasteiger partial charge in [0.2, 0.25) is 11.8 Å². The predicted octanol–water partition coefficient (Wildman–Crippen LogP) is 2.10. The zero-order valence-corrected chi connectivity index (χ0v) is 17.1. The molecule has 0 radical (unpaired) electrons. The van der Waals surface area contributed by atoms with E-state index in [4.69, 9.17) is 4.74 Å². The topological polar surface area (TPSA) is 110 Å². The molecule has 1 aromatic rings. The van der Waals surface area contributed by atoms with Crippen LogP contribution in [0.1, 0.15) is 44.0 Å². The molecule has 30 heavy (non-hydrogen) atoms. The lowest BCUT2D eigenvalue weighted by atomic mass is 9.85. The fourth-order valence-corrected chi connectivity index (χ4v) is 3.70. The molecule has 3 amide bonds. The maximum Gasteiger partial charge on any atom is 0.329 e. The molecular formula is C22H24N2O6. The number of imide groups is 1. The van der Waals surface area contributed by atoms with Crippen LogP contribution < -0.4 is 5.32 Å². The number of ketones is 1. The number of hydrogen-bond donors (Lipinski definition) is 1. The molecule has 1 saturated heterocycles. The van der Waals surface area contributed by atoms with Crippen LogP contribution in [-0.4, -0.2) is 46.5 Å². The highest BCUT2D eigenvalue weighted by Crippen LogP contribution is 2.36. The number of likely N-dealkylation sites (tertiary alicyclic amines) is 1. The summed E-state index contributed by atoms with van der Waals surface area (Å²) in [5, 5.41) is 2.58. The van der Waals surface area contributed by atoms with Gasteiger partial charge in [-0.2, -0.15) is 0 Å². The first kappa shape index (κ1) is 21.4. The van der Waals surface area contributed by atoms with Crippen LogP contribution in [0, 0.1) is 11.8 Å². The van der Waals surface area contributed by atoms with E-state index in [0.717, 1.165) is 4.90 Å². The molecule has 1 heterocycles. The molecule has 3 rings (SSSR count). The summed E-state index contributed by atoms with van der Waals surface area (Å²) in [5.74, 6) is -3.19. The van der Waals surface area contributed by atoms with Crippen molar-refractivity contribution in [3.05, 3.63) is 42.0 Å². The van der Waals surface area contributed by atoms with Crippen LogP contribution >= 0.6 is 0 Å². The van der Waals surface area contributed by atoms with Crippen molar-refractivity contribution in [3.63, 3.8) is 0 Å². The molecule has 4 atom stereocenters. The van der Waals surface area contributed by atoms with Gasteiger partial charge in [-0.1, -0.05) is 24.3 Å². The number of Topliss-reactive ketones (excluding diaryl/α,β-unsaturated/α-hetero) is 1. The van der Waals surface area contributed by atoms with Crippen LogP contribution in [0.25, 0.3) is 0 Å². The molecule has 0 unspecified atom stereocenters. The average Bonchev–Trinajstić information content (AvgIpc) is 2.98. The molecule has 0 aromatic heterocycles. The molecule has 8 nitrogen and oxygen atoms in total. The first-order valence-electron chi connectivity index (χ1n) is 9.85. The molecule has 8 heteroatoms. The molecule has 0 saturated carbocycles. The van der Waals surface area contributed by atoms with E-state index in [1.54, 1.807) is 18.2 Å². The van der Waals surface area contributed by atoms with Crippen molar-refractivity contribution in [3.8, 4) is 0 Å². The van der Waals surface area contributed by atoms with Crippen LogP contribution in [0.4, 0.5) is 5.69 Å². The largest absolute Gasteiger partial charge is 0.451 e. The van der Waals surface area contributed by atoms with Gasteiger partial charge in [-0.25, -0.2) is 4.79 Å². The number of ether oxygens (including phenoxy) is 1. The van der Waals surface area contributed by atoms with Crippen molar-refractivity contribution in [2.75, 3.05) is 5.32 Å². The highest BCUT2D eigenvalue weighted by atomic mass is 16.5. The summed E-state index contributed by atoms with van der Waals surface area (Å²) in [7, 11) is 0. The van der Waals surface area contributed by atoms with Gasteiger partial charge in [-0.15, -0.1) is 0 Å². The van der Waals surface area contributed by atoms with Gasteiger partial charge in [-0.05, 0) is 45.7 Å². The zero-order valence-electron chi connectivity index (χ0n) is 17.1. The maximum absolute atomic E-state index is 12.6. The van der Waals surface area contributed by atoms with E-state index < -0.39 is 35.9 Å². The van der Waals surface area contributed by atoms with E-state index in [2.05, 4.69) is 5.32 Å². The fraction of sp³-hybridized carbons (Fsp3) is 0.409. The number of rotatable bonds is 6. The van der Waals surface area contributed by atoms with Crippen molar-refractivity contribution < 1.29 is 28.7 Å². The monoisotopic (exact) mass is 412 g/mol. The molecule has 0 bridgehead atoms. The smallest absolute Gasteiger partial charge is 0.329 e.